The second kappa shape index (κ2) is 5.49. The van der Waals surface area contributed by atoms with Gasteiger partial charge in [0.05, 0.1) is 0 Å². The third-order valence-corrected chi connectivity index (χ3v) is 0.687. The molecule has 1 rings (SSSR count). The molecule has 0 aromatic carbocycles. The fraction of sp³-hybridized carbons (Fsp3) is 0. The summed E-state index contributed by atoms with van der Waals surface area (Å²) in [6, 6.07) is 0. The number of nitrogens with two attached hydrogens (primary N) is 3. The number of nitrogens with zero attached hydrogens (tertiary/aromatic N) is 3. The van der Waals surface area contributed by atoms with Gasteiger partial charge in [-0.1, -0.05) is 0 Å². The molecule has 0 aliphatic heterocycles. The molecule has 8 N–H and O–H groups in total. The van der Waals surface area contributed by atoms with Gasteiger partial charge in [-0.25, -0.2) is 0 Å². The summed E-state index contributed by atoms with van der Waals surface area (Å²) in [4.78, 5) is 10.5. The molecule has 0 bridgehead atoms. The van der Waals surface area contributed by atoms with Crippen molar-refractivity contribution in [3.8, 4) is 0 Å². The Bertz CT molecular complexity index is 179. The van der Waals surface area contributed by atoms with Gasteiger partial charge >= 0.3 is 45.5 Å². The molecule has 0 unspecified atom stereocenters. The van der Waals surface area contributed by atoms with E-state index in [9.17, 15) is 0 Å². The van der Waals surface area contributed by atoms with E-state index in [-0.39, 0.29) is 68.8 Å². The van der Waals surface area contributed by atoms with Gasteiger partial charge in [-0.2, -0.15) is 15.0 Å². The standard InChI is InChI=1S/C3H6N6.H2O.Sr.2H/c4-1-7-2(5)9-3(6)8-1;;;;/h(H6,4,5,6,7,8,9);1H2;;;. The maximum absolute atomic E-state index is 5.14. The first-order chi connectivity index (χ1) is 4.18. The van der Waals surface area contributed by atoms with E-state index in [0.717, 1.165) is 0 Å². The van der Waals surface area contributed by atoms with Gasteiger partial charge in [0.1, 0.15) is 0 Å². The number of aromatic nitrogens is 3. The fourth-order valence-corrected chi connectivity index (χ4v) is 0.427. The van der Waals surface area contributed by atoms with Crippen molar-refractivity contribution in [1.29, 1.82) is 0 Å². The number of hydrogen-bond donors (Lipinski definition) is 3. The molecule has 0 aliphatic carbocycles. The molecule has 0 spiro atoms. The normalized spacial score (nSPS) is 7.64. The maximum atomic E-state index is 5.14. The summed E-state index contributed by atoms with van der Waals surface area (Å²) in [6.07, 6.45) is 0. The van der Waals surface area contributed by atoms with E-state index in [1.165, 1.54) is 0 Å². The van der Waals surface area contributed by atoms with Crippen molar-refractivity contribution in [2.24, 2.45) is 0 Å². The molecule has 0 atom stereocenters. The average Bonchev–Trinajstić information content (AvgIpc) is 1.59. The molecule has 1 aromatic heterocycles. The fourth-order valence-electron chi connectivity index (χ4n) is 0.427. The van der Waals surface area contributed by atoms with Crippen LogP contribution in [-0.2, 0) is 0 Å². The van der Waals surface area contributed by atoms with E-state index in [0.29, 0.717) is 0 Å². The van der Waals surface area contributed by atoms with Gasteiger partial charge in [0.15, 0.2) is 0 Å². The van der Waals surface area contributed by atoms with Crippen molar-refractivity contribution in [3.05, 3.63) is 0 Å². The zero-order chi connectivity index (χ0) is 6.85. The Morgan fingerprint density at radius 3 is 1.09 bits per heavy atom. The zero-order valence-corrected chi connectivity index (χ0v) is 5.07. The van der Waals surface area contributed by atoms with E-state index >= 15 is 0 Å². The van der Waals surface area contributed by atoms with Crippen LogP contribution in [0.25, 0.3) is 0 Å². The van der Waals surface area contributed by atoms with Crippen LogP contribution in [-0.4, -0.2) is 65.9 Å². The molecule has 7 nitrogen and oxygen atoms in total. The van der Waals surface area contributed by atoms with Gasteiger partial charge in [0, 0.05) is 0 Å². The predicted octanol–water partition coefficient (Wildman–Crippen LogP) is -3.12. The van der Waals surface area contributed by atoms with Crippen LogP contribution in [0.4, 0.5) is 17.8 Å². The average molecular weight is 234 g/mol. The molecule has 0 saturated heterocycles. The molecule has 1 heterocycles. The molecule has 0 fully saturated rings. The number of rotatable bonds is 0. The summed E-state index contributed by atoms with van der Waals surface area (Å²) < 4.78 is 0. The Morgan fingerprint density at radius 1 is 0.727 bits per heavy atom. The Balaban J connectivity index is 0. The van der Waals surface area contributed by atoms with Gasteiger partial charge in [-0.3, -0.25) is 0 Å². The zero-order valence-electron chi connectivity index (χ0n) is 5.07. The minimum absolute atomic E-state index is 0. The predicted molar refractivity (Wildman–Crippen MR) is 45.2 cm³/mol. The van der Waals surface area contributed by atoms with Crippen LogP contribution in [0, 0.1) is 0 Å². The monoisotopic (exact) mass is 234 g/mol. The van der Waals surface area contributed by atoms with Gasteiger partial charge in [0.2, 0.25) is 17.8 Å². The molecule has 0 amide bonds. The van der Waals surface area contributed by atoms with Crippen molar-refractivity contribution in [2.75, 3.05) is 17.2 Å². The van der Waals surface area contributed by atoms with Crippen LogP contribution < -0.4 is 17.2 Å². The van der Waals surface area contributed by atoms with Crippen LogP contribution in [0.15, 0.2) is 0 Å². The van der Waals surface area contributed by atoms with Gasteiger partial charge in [-0.05, 0) is 0 Å². The molecule has 60 valence electrons. The second-order valence-electron chi connectivity index (χ2n) is 1.41. The number of hydrogen-bond acceptors (Lipinski definition) is 6. The van der Waals surface area contributed by atoms with Crippen LogP contribution in [0.3, 0.4) is 0 Å². The Morgan fingerprint density at radius 2 is 0.909 bits per heavy atom. The van der Waals surface area contributed by atoms with Crippen molar-refractivity contribution >= 4 is 63.3 Å². The van der Waals surface area contributed by atoms with Crippen LogP contribution in [0.2, 0.25) is 0 Å². The molecule has 0 radical (unpaired) electrons. The summed E-state index contributed by atoms with van der Waals surface area (Å²) in [6.45, 7) is 0. The van der Waals surface area contributed by atoms with Crippen molar-refractivity contribution in [1.82, 2.24) is 15.0 Å². The van der Waals surface area contributed by atoms with Gasteiger partial charge in [-0.15, -0.1) is 0 Å². The Labute approximate surface area is 100.0 Å². The van der Waals surface area contributed by atoms with E-state index in [1.54, 1.807) is 0 Å². The van der Waals surface area contributed by atoms with Crippen molar-refractivity contribution in [2.45, 2.75) is 0 Å². The van der Waals surface area contributed by atoms with E-state index < -0.39 is 0 Å². The first kappa shape index (κ1) is 13.4. The van der Waals surface area contributed by atoms with E-state index in [1.807, 2.05) is 0 Å². The van der Waals surface area contributed by atoms with E-state index in [2.05, 4.69) is 15.0 Å². The van der Waals surface area contributed by atoms with Crippen molar-refractivity contribution < 1.29 is 5.48 Å². The number of anilines is 3. The Kier molecular flexibility index (Phi) is 6.71. The summed E-state index contributed by atoms with van der Waals surface area (Å²) in [5.41, 5.74) is 15.4. The molecule has 0 saturated carbocycles. The molecular formula is C3H10N6OSr. The minimum atomic E-state index is 0. The topological polar surface area (TPSA) is 148 Å². The molecule has 0 aliphatic rings. The van der Waals surface area contributed by atoms with Gasteiger partial charge < -0.3 is 22.7 Å². The third-order valence-electron chi connectivity index (χ3n) is 0.687. The summed E-state index contributed by atoms with van der Waals surface area (Å²) in [5.74, 6) is 0.125. The molecule has 11 heavy (non-hydrogen) atoms. The van der Waals surface area contributed by atoms with Crippen LogP contribution in [0.1, 0.15) is 0 Å². The third kappa shape index (κ3) is 4.32. The quantitative estimate of drug-likeness (QED) is 0.404. The molecule has 1 aromatic rings. The van der Waals surface area contributed by atoms with Crippen molar-refractivity contribution in [3.63, 3.8) is 0 Å². The van der Waals surface area contributed by atoms with Crippen LogP contribution in [0.5, 0.6) is 0 Å². The number of nitrogen functional groups attached to an aromatic ring is 3. The Hall–Kier alpha value is -0.149. The summed E-state index contributed by atoms with van der Waals surface area (Å²) >= 11 is 0. The van der Waals surface area contributed by atoms with Crippen LogP contribution >= 0.6 is 0 Å². The summed E-state index contributed by atoms with van der Waals surface area (Å²) in [5, 5.41) is 0. The molecule has 8 heteroatoms. The van der Waals surface area contributed by atoms with Gasteiger partial charge in [0.25, 0.3) is 0 Å². The second-order valence-corrected chi connectivity index (χ2v) is 1.41. The first-order valence-electron chi connectivity index (χ1n) is 2.21. The summed E-state index contributed by atoms with van der Waals surface area (Å²) in [7, 11) is 0. The molecular weight excluding hydrogens is 224 g/mol. The first-order valence-corrected chi connectivity index (χ1v) is 2.21. The van der Waals surface area contributed by atoms with E-state index in [4.69, 9.17) is 17.2 Å². The SMILES string of the molecule is Nc1nc(N)nc(N)n1.O.[SrH2].